The number of carboxylic acids is 2. The van der Waals surface area contributed by atoms with E-state index in [-0.39, 0.29) is 13.0 Å². The van der Waals surface area contributed by atoms with Gasteiger partial charge in [0.05, 0.1) is 12.5 Å². The number of hydrogen-bond acceptors (Lipinski definition) is 5. The van der Waals surface area contributed by atoms with Gasteiger partial charge in [0.2, 0.25) is 11.8 Å². The molecular formula is C14H19N3O6. The van der Waals surface area contributed by atoms with Gasteiger partial charge in [0.25, 0.3) is 0 Å². The highest BCUT2D eigenvalue weighted by atomic mass is 16.4. The second-order valence-electron chi connectivity index (χ2n) is 5.20. The molecule has 0 aliphatic carbocycles. The van der Waals surface area contributed by atoms with E-state index in [1.165, 1.54) is 4.90 Å². The predicted octanol–water partition coefficient (Wildman–Crippen LogP) is -1.63. The van der Waals surface area contributed by atoms with Crippen molar-refractivity contribution >= 4 is 23.8 Å². The first kappa shape index (κ1) is 18.4. The number of carboxylic acid groups (broad SMARTS) is 2. The molecule has 1 saturated heterocycles. The van der Waals surface area contributed by atoms with E-state index in [0.29, 0.717) is 12.8 Å². The Morgan fingerprint density at radius 1 is 1.35 bits per heavy atom. The third kappa shape index (κ3) is 4.96. The van der Waals surface area contributed by atoms with Gasteiger partial charge in [-0.25, -0.2) is 4.79 Å². The summed E-state index contributed by atoms with van der Waals surface area (Å²) >= 11 is 0. The molecule has 23 heavy (non-hydrogen) atoms. The maximum Gasteiger partial charge on any atom is 0.327 e. The zero-order valence-electron chi connectivity index (χ0n) is 12.4. The highest BCUT2D eigenvalue weighted by molar-refractivity contribution is 5.93. The largest absolute Gasteiger partial charge is 0.481 e. The van der Waals surface area contributed by atoms with Crippen LogP contribution in [0.2, 0.25) is 0 Å². The molecule has 1 rings (SSSR count). The van der Waals surface area contributed by atoms with Crippen LogP contribution in [-0.2, 0) is 19.2 Å². The lowest BCUT2D eigenvalue weighted by Gasteiger charge is -2.27. The van der Waals surface area contributed by atoms with E-state index in [0.717, 1.165) is 0 Å². The topological polar surface area (TPSA) is 150 Å². The molecule has 5 N–H and O–H groups in total. The second-order valence-corrected chi connectivity index (χ2v) is 5.20. The number of carbonyl (C=O) groups excluding carboxylic acids is 2. The van der Waals surface area contributed by atoms with Crippen LogP contribution in [0.3, 0.4) is 0 Å². The molecule has 3 unspecified atom stereocenters. The molecule has 1 heterocycles. The Morgan fingerprint density at radius 3 is 2.52 bits per heavy atom. The highest BCUT2D eigenvalue weighted by Crippen LogP contribution is 2.19. The molecule has 126 valence electrons. The molecule has 0 aromatic carbocycles. The van der Waals surface area contributed by atoms with E-state index in [2.05, 4.69) is 11.2 Å². The fourth-order valence-electron chi connectivity index (χ4n) is 2.38. The van der Waals surface area contributed by atoms with Crippen LogP contribution in [0.4, 0.5) is 0 Å². The Morgan fingerprint density at radius 2 is 2.00 bits per heavy atom. The lowest BCUT2D eigenvalue weighted by Crippen LogP contribution is -2.54. The molecule has 0 bridgehead atoms. The smallest absolute Gasteiger partial charge is 0.327 e. The third-order valence-corrected chi connectivity index (χ3v) is 3.49. The molecule has 1 aliphatic heterocycles. The van der Waals surface area contributed by atoms with Crippen LogP contribution in [0, 0.1) is 12.3 Å². The van der Waals surface area contributed by atoms with Gasteiger partial charge in [-0.05, 0) is 12.8 Å². The molecule has 1 aliphatic rings. The van der Waals surface area contributed by atoms with Crippen molar-refractivity contribution in [2.24, 2.45) is 5.73 Å². The van der Waals surface area contributed by atoms with E-state index < -0.39 is 48.3 Å². The Bertz CT molecular complexity index is 541. The number of nitrogens with two attached hydrogens (primary N) is 1. The maximum absolute atomic E-state index is 12.2. The summed E-state index contributed by atoms with van der Waals surface area (Å²) in [5.41, 5.74) is 5.53. The summed E-state index contributed by atoms with van der Waals surface area (Å²) < 4.78 is 0. The van der Waals surface area contributed by atoms with Crippen LogP contribution < -0.4 is 11.1 Å². The van der Waals surface area contributed by atoms with Crippen molar-refractivity contribution in [3.63, 3.8) is 0 Å². The van der Waals surface area contributed by atoms with Crippen molar-refractivity contribution in [2.75, 3.05) is 6.54 Å². The van der Waals surface area contributed by atoms with Crippen molar-refractivity contribution in [1.82, 2.24) is 10.2 Å². The summed E-state index contributed by atoms with van der Waals surface area (Å²) in [4.78, 5) is 47.2. The number of rotatable bonds is 7. The molecule has 3 atom stereocenters. The number of likely N-dealkylation sites (tertiary alicyclic amines) is 1. The standard InChI is InChI=1S/C14H19N3O6/c1-2-4-9(14(22)23)16-12(20)10-5-3-6-17(10)13(21)8(15)7-11(18)19/h1,8-10H,3-7,15H2,(H,16,20)(H,18,19)(H,22,23). The average Bonchev–Trinajstić information content (AvgIpc) is 2.94. The summed E-state index contributed by atoms with van der Waals surface area (Å²) in [6.07, 6.45) is 5.22. The minimum Gasteiger partial charge on any atom is -0.481 e. The van der Waals surface area contributed by atoms with Gasteiger partial charge in [0, 0.05) is 13.0 Å². The van der Waals surface area contributed by atoms with Gasteiger partial charge < -0.3 is 26.2 Å². The van der Waals surface area contributed by atoms with E-state index in [1.54, 1.807) is 0 Å². The number of hydrogen-bond donors (Lipinski definition) is 4. The number of nitrogens with zero attached hydrogens (tertiary/aromatic N) is 1. The van der Waals surface area contributed by atoms with Crippen molar-refractivity contribution in [3.05, 3.63) is 0 Å². The van der Waals surface area contributed by atoms with Crippen LogP contribution >= 0.6 is 0 Å². The van der Waals surface area contributed by atoms with Crippen LogP contribution in [0.25, 0.3) is 0 Å². The van der Waals surface area contributed by atoms with Crippen molar-refractivity contribution in [1.29, 1.82) is 0 Å². The summed E-state index contributed by atoms with van der Waals surface area (Å²) in [5.74, 6) is -1.61. The van der Waals surface area contributed by atoms with Crippen LogP contribution in [0.5, 0.6) is 0 Å². The monoisotopic (exact) mass is 325 g/mol. The van der Waals surface area contributed by atoms with Crippen molar-refractivity contribution in [2.45, 2.75) is 43.8 Å². The van der Waals surface area contributed by atoms with Crippen LogP contribution in [0.1, 0.15) is 25.7 Å². The summed E-state index contributed by atoms with van der Waals surface area (Å²) in [5, 5.41) is 19.9. The molecule has 0 aromatic heterocycles. The lowest BCUT2D eigenvalue weighted by molar-refractivity contribution is -0.145. The van der Waals surface area contributed by atoms with Crippen molar-refractivity contribution in [3.8, 4) is 12.3 Å². The number of terminal acetylenes is 1. The first-order valence-corrected chi connectivity index (χ1v) is 7.02. The number of amides is 2. The summed E-state index contributed by atoms with van der Waals surface area (Å²) in [6, 6.07) is -3.36. The molecule has 0 aromatic rings. The zero-order chi connectivity index (χ0) is 17.6. The maximum atomic E-state index is 12.2. The Labute approximate surface area is 132 Å². The Balaban J connectivity index is 2.76. The van der Waals surface area contributed by atoms with E-state index in [9.17, 15) is 19.2 Å². The normalized spacial score (nSPS) is 19.5. The lowest BCUT2D eigenvalue weighted by atomic mass is 10.1. The number of carbonyl (C=O) groups is 4. The van der Waals surface area contributed by atoms with Gasteiger partial charge in [0.1, 0.15) is 12.1 Å². The second kappa shape index (κ2) is 8.14. The minimum atomic E-state index is -1.27. The first-order chi connectivity index (χ1) is 10.8. The van der Waals surface area contributed by atoms with E-state index >= 15 is 0 Å². The fourth-order valence-corrected chi connectivity index (χ4v) is 2.38. The highest BCUT2D eigenvalue weighted by Gasteiger charge is 2.37. The predicted molar refractivity (Wildman–Crippen MR) is 78.0 cm³/mol. The fraction of sp³-hybridized carbons (Fsp3) is 0.571. The molecule has 1 fully saturated rings. The van der Waals surface area contributed by atoms with Gasteiger partial charge >= 0.3 is 11.9 Å². The van der Waals surface area contributed by atoms with Crippen LogP contribution in [-0.4, -0.2) is 63.5 Å². The quantitative estimate of drug-likeness (QED) is 0.410. The molecule has 0 radical (unpaired) electrons. The van der Waals surface area contributed by atoms with Gasteiger partial charge in [-0.2, -0.15) is 0 Å². The average molecular weight is 325 g/mol. The first-order valence-electron chi connectivity index (χ1n) is 7.02. The molecule has 2 amide bonds. The van der Waals surface area contributed by atoms with Crippen molar-refractivity contribution < 1.29 is 29.4 Å². The zero-order valence-corrected chi connectivity index (χ0v) is 12.4. The van der Waals surface area contributed by atoms with Gasteiger partial charge in [-0.1, -0.05) is 0 Å². The molecule has 0 spiro atoms. The molecule has 0 saturated carbocycles. The number of aliphatic carboxylic acids is 2. The number of nitrogens with one attached hydrogen (secondary N) is 1. The third-order valence-electron chi connectivity index (χ3n) is 3.49. The summed E-state index contributed by atoms with van der Waals surface area (Å²) in [7, 11) is 0. The van der Waals surface area contributed by atoms with E-state index in [1.807, 2.05) is 0 Å². The molecule has 9 heteroatoms. The van der Waals surface area contributed by atoms with Gasteiger partial charge in [-0.15, -0.1) is 12.3 Å². The van der Waals surface area contributed by atoms with E-state index in [4.69, 9.17) is 22.4 Å². The van der Waals surface area contributed by atoms with Crippen LogP contribution in [0.15, 0.2) is 0 Å². The summed E-state index contributed by atoms with van der Waals surface area (Å²) in [6.45, 7) is 0.261. The Kier molecular flexibility index (Phi) is 6.53. The molecule has 9 nitrogen and oxygen atoms in total. The SMILES string of the molecule is C#CCC(NC(=O)C1CCCN1C(=O)C(N)CC(=O)O)C(=O)O. The van der Waals surface area contributed by atoms with Gasteiger partial charge in [0.15, 0.2) is 0 Å². The molecular weight excluding hydrogens is 306 g/mol. The Hall–Kier alpha value is -2.60. The minimum absolute atomic E-state index is 0.180. The van der Waals surface area contributed by atoms with Gasteiger partial charge in [-0.3, -0.25) is 14.4 Å².